The Hall–Kier alpha value is -3.13. The van der Waals surface area contributed by atoms with Gasteiger partial charge in [0.25, 0.3) is 5.91 Å². The smallest absolute Gasteiger partial charge is 0.306 e. The Labute approximate surface area is 165 Å². The van der Waals surface area contributed by atoms with Gasteiger partial charge in [0, 0.05) is 18.2 Å². The molecule has 0 fully saturated rings. The zero-order chi connectivity index (χ0) is 19.5. The number of benzene rings is 2. The van der Waals surface area contributed by atoms with Crippen LogP contribution in [0.15, 0.2) is 42.5 Å². The lowest BCUT2D eigenvalue weighted by atomic mass is 10.2. The van der Waals surface area contributed by atoms with Crippen molar-refractivity contribution in [3.05, 3.63) is 47.5 Å². The van der Waals surface area contributed by atoms with Crippen LogP contribution in [-0.2, 0) is 20.7 Å². The molecule has 1 aliphatic heterocycles. The average Bonchev–Trinajstić information content (AvgIpc) is 3.32. The number of nitrogens with one attached hydrogen (secondary N) is 1. The highest BCUT2D eigenvalue weighted by atomic mass is 32.1. The number of esters is 1. The molecule has 0 saturated heterocycles. The molecule has 28 heavy (non-hydrogen) atoms. The minimum absolute atomic E-state index is 0.162. The van der Waals surface area contributed by atoms with Gasteiger partial charge in [-0.25, -0.2) is 4.98 Å². The molecule has 144 valence electrons. The molecule has 1 N–H and O–H groups in total. The topological polar surface area (TPSA) is 86.8 Å². The summed E-state index contributed by atoms with van der Waals surface area (Å²) in [5.74, 6) is 0.352. The maximum atomic E-state index is 12.3. The predicted molar refractivity (Wildman–Crippen MR) is 105 cm³/mol. The second kappa shape index (κ2) is 7.85. The molecular weight excluding hydrogens is 380 g/mol. The maximum Gasteiger partial charge on any atom is 0.306 e. The van der Waals surface area contributed by atoms with Crippen LogP contribution in [0.25, 0.3) is 10.2 Å². The first-order valence-electron chi connectivity index (χ1n) is 8.83. The van der Waals surface area contributed by atoms with E-state index in [1.165, 1.54) is 6.92 Å². The van der Waals surface area contributed by atoms with Crippen molar-refractivity contribution >= 4 is 39.1 Å². The molecule has 0 bridgehead atoms. The highest BCUT2D eigenvalue weighted by Crippen LogP contribution is 2.34. The molecule has 0 spiro atoms. The SMILES string of the molecule is CC(OC(=O)CCc1nc2ccccc2s1)C(=O)Nc1ccc2c(c1)OCO2. The van der Waals surface area contributed by atoms with Gasteiger partial charge in [-0.05, 0) is 31.2 Å². The Morgan fingerprint density at radius 1 is 1.21 bits per heavy atom. The third kappa shape index (κ3) is 4.07. The number of hydrogen-bond donors (Lipinski definition) is 1. The number of hydrogen-bond acceptors (Lipinski definition) is 7. The summed E-state index contributed by atoms with van der Waals surface area (Å²) in [5.41, 5.74) is 1.47. The van der Waals surface area contributed by atoms with Crippen LogP contribution in [0.4, 0.5) is 5.69 Å². The van der Waals surface area contributed by atoms with E-state index in [-0.39, 0.29) is 13.2 Å². The predicted octanol–water partition coefficient (Wildman–Crippen LogP) is 3.53. The van der Waals surface area contributed by atoms with Crippen molar-refractivity contribution in [2.24, 2.45) is 0 Å². The van der Waals surface area contributed by atoms with Gasteiger partial charge < -0.3 is 19.5 Å². The van der Waals surface area contributed by atoms with Crippen LogP contribution in [0.2, 0.25) is 0 Å². The third-order valence-corrected chi connectivity index (χ3v) is 5.29. The molecule has 1 unspecified atom stereocenters. The fourth-order valence-electron chi connectivity index (χ4n) is 2.76. The quantitative estimate of drug-likeness (QED) is 0.639. The van der Waals surface area contributed by atoms with Crippen LogP contribution in [-0.4, -0.2) is 29.8 Å². The van der Waals surface area contributed by atoms with Gasteiger partial charge in [-0.3, -0.25) is 9.59 Å². The van der Waals surface area contributed by atoms with Gasteiger partial charge in [0.2, 0.25) is 6.79 Å². The number of aromatic nitrogens is 1. The lowest BCUT2D eigenvalue weighted by Gasteiger charge is -2.13. The fourth-order valence-corrected chi connectivity index (χ4v) is 3.73. The van der Waals surface area contributed by atoms with Crippen molar-refractivity contribution in [3.8, 4) is 11.5 Å². The van der Waals surface area contributed by atoms with E-state index in [2.05, 4.69) is 10.3 Å². The van der Waals surface area contributed by atoms with Gasteiger partial charge in [0.15, 0.2) is 17.6 Å². The Balaban J connectivity index is 1.28. The number of rotatable bonds is 6. The molecule has 1 amide bonds. The summed E-state index contributed by atoms with van der Waals surface area (Å²) >= 11 is 1.56. The standard InChI is InChI=1S/C20H18N2O5S/c1-12(20(24)21-13-6-7-15-16(10-13)26-11-25-15)27-19(23)9-8-18-22-14-4-2-3-5-17(14)28-18/h2-7,10,12H,8-9,11H2,1H3,(H,21,24). The van der Waals surface area contributed by atoms with Crippen LogP contribution in [0.5, 0.6) is 11.5 Å². The van der Waals surface area contributed by atoms with Crippen molar-refractivity contribution in [2.75, 3.05) is 12.1 Å². The Bertz CT molecular complexity index is 999. The molecule has 7 nitrogen and oxygen atoms in total. The fraction of sp³-hybridized carbons (Fsp3) is 0.250. The average molecular weight is 398 g/mol. The van der Waals surface area contributed by atoms with E-state index in [0.29, 0.717) is 23.6 Å². The molecule has 2 heterocycles. The summed E-state index contributed by atoms with van der Waals surface area (Å²) in [7, 11) is 0. The molecule has 1 aliphatic rings. The molecular formula is C20H18N2O5S. The van der Waals surface area contributed by atoms with E-state index < -0.39 is 18.0 Å². The zero-order valence-electron chi connectivity index (χ0n) is 15.1. The van der Waals surface area contributed by atoms with Gasteiger partial charge in [-0.15, -0.1) is 11.3 Å². The number of carbonyl (C=O) groups is 2. The second-order valence-corrected chi connectivity index (χ2v) is 7.38. The van der Waals surface area contributed by atoms with E-state index in [1.54, 1.807) is 29.5 Å². The molecule has 1 atom stereocenters. The van der Waals surface area contributed by atoms with Crippen molar-refractivity contribution in [2.45, 2.75) is 25.9 Å². The normalized spacial score (nSPS) is 13.3. The zero-order valence-corrected chi connectivity index (χ0v) is 16.0. The van der Waals surface area contributed by atoms with E-state index in [0.717, 1.165) is 15.2 Å². The number of fused-ring (bicyclic) bond motifs is 2. The first-order chi connectivity index (χ1) is 13.6. The lowest BCUT2D eigenvalue weighted by Crippen LogP contribution is -2.30. The van der Waals surface area contributed by atoms with Crippen LogP contribution >= 0.6 is 11.3 Å². The van der Waals surface area contributed by atoms with Crippen molar-refractivity contribution < 1.29 is 23.8 Å². The number of thiazole rings is 1. The van der Waals surface area contributed by atoms with Gasteiger partial charge >= 0.3 is 5.97 Å². The second-order valence-electron chi connectivity index (χ2n) is 6.26. The van der Waals surface area contributed by atoms with E-state index in [9.17, 15) is 9.59 Å². The van der Waals surface area contributed by atoms with Crippen molar-refractivity contribution in [1.29, 1.82) is 0 Å². The molecule has 0 radical (unpaired) electrons. The highest BCUT2D eigenvalue weighted by Gasteiger charge is 2.20. The number of para-hydroxylation sites is 1. The summed E-state index contributed by atoms with van der Waals surface area (Å²) in [6.45, 7) is 1.70. The largest absolute Gasteiger partial charge is 0.454 e. The number of amides is 1. The van der Waals surface area contributed by atoms with Crippen LogP contribution < -0.4 is 14.8 Å². The summed E-state index contributed by atoms with van der Waals surface area (Å²) < 4.78 is 16.8. The van der Waals surface area contributed by atoms with E-state index in [1.807, 2.05) is 24.3 Å². The number of nitrogens with zero attached hydrogens (tertiary/aromatic N) is 1. The van der Waals surface area contributed by atoms with Crippen molar-refractivity contribution in [1.82, 2.24) is 4.98 Å². The van der Waals surface area contributed by atoms with Gasteiger partial charge in [-0.2, -0.15) is 0 Å². The number of ether oxygens (including phenoxy) is 3. The third-order valence-electron chi connectivity index (χ3n) is 4.20. The van der Waals surface area contributed by atoms with Gasteiger partial charge in [0.05, 0.1) is 21.6 Å². The number of carbonyl (C=O) groups excluding carboxylic acids is 2. The Kier molecular flexibility index (Phi) is 5.12. The van der Waals surface area contributed by atoms with Crippen LogP contribution in [0, 0.1) is 0 Å². The summed E-state index contributed by atoms with van der Waals surface area (Å²) in [6.07, 6.45) is -0.260. The van der Waals surface area contributed by atoms with E-state index in [4.69, 9.17) is 14.2 Å². The molecule has 8 heteroatoms. The monoisotopic (exact) mass is 398 g/mol. The molecule has 0 saturated carbocycles. The molecule has 4 rings (SSSR count). The first kappa shape index (κ1) is 18.2. The van der Waals surface area contributed by atoms with Crippen molar-refractivity contribution in [3.63, 3.8) is 0 Å². The highest BCUT2D eigenvalue weighted by molar-refractivity contribution is 7.18. The maximum absolute atomic E-state index is 12.3. The van der Waals surface area contributed by atoms with E-state index >= 15 is 0 Å². The molecule has 1 aromatic heterocycles. The Morgan fingerprint density at radius 2 is 2.04 bits per heavy atom. The molecule has 0 aliphatic carbocycles. The Morgan fingerprint density at radius 3 is 2.89 bits per heavy atom. The first-order valence-corrected chi connectivity index (χ1v) is 9.64. The molecule has 2 aromatic carbocycles. The molecule has 3 aromatic rings. The van der Waals surface area contributed by atoms with Crippen LogP contribution in [0.3, 0.4) is 0 Å². The summed E-state index contributed by atoms with van der Waals surface area (Å²) in [5, 5.41) is 3.58. The van der Waals surface area contributed by atoms with Gasteiger partial charge in [-0.1, -0.05) is 12.1 Å². The number of aryl methyl sites for hydroxylation is 1. The van der Waals surface area contributed by atoms with Gasteiger partial charge in [0.1, 0.15) is 0 Å². The summed E-state index contributed by atoms with van der Waals surface area (Å²) in [6, 6.07) is 12.9. The lowest BCUT2D eigenvalue weighted by molar-refractivity contribution is -0.153. The van der Waals surface area contributed by atoms with Crippen LogP contribution in [0.1, 0.15) is 18.4 Å². The number of anilines is 1. The minimum Gasteiger partial charge on any atom is -0.454 e. The minimum atomic E-state index is -0.909. The summed E-state index contributed by atoms with van der Waals surface area (Å²) in [4.78, 5) is 28.9.